The molecule has 0 aliphatic carbocycles. The maximum atomic E-state index is 13.5. The van der Waals surface area contributed by atoms with Gasteiger partial charge in [0.1, 0.15) is 5.82 Å². The highest BCUT2D eigenvalue weighted by molar-refractivity contribution is 5.76. The topological polar surface area (TPSA) is 49.3 Å². The van der Waals surface area contributed by atoms with Gasteiger partial charge < -0.3 is 10.4 Å². The van der Waals surface area contributed by atoms with E-state index in [0.29, 0.717) is 18.4 Å². The van der Waals surface area contributed by atoms with Gasteiger partial charge in [-0.15, -0.1) is 0 Å². The summed E-state index contributed by atoms with van der Waals surface area (Å²) in [6.45, 7) is 4.05. The molecule has 3 nitrogen and oxygen atoms in total. The Morgan fingerprint density at radius 1 is 1.13 bits per heavy atom. The number of carbonyl (C=O) groups is 1. The molecule has 2 aromatic rings. The average Bonchev–Trinajstić information content (AvgIpc) is 2.52. The van der Waals surface area contributed by atoms with E-state index in [4.69, 9.17) is 5.11 Å². The standard InChI is InChI=1S/C19H22FNO2/c1-13-3-5-16(14(2)9-13)7-8-19(23)21-11-15-4-6-17(12-22)18(20)10-15/h3-6,9-10,22H,7-8,11-12H2,1-2H3,(H,21,23). The van der Waals surface area contributed by atoms with Gasteiger partial charge in [-0.05, 0) is 43.0 Å². The van der Waals surface area contributed by atoms with Crippen molar-refractivity contribution in [2.75, 3.05) is 0 Å². The molecular formula is C19H22FNO2. The molecule has 4 heteroatoms. The van der Waals surface area contributed by atoms with Crippen molar-refractivity contribution in [1.82, 2.24) is 5.32 Å². The predicted molar refractivity (Wildman–Crippen MR) is 88.4 cm³/mol. The van der Waals surface area contributed by atoms with Crippen molar-refractivity contribution in [3.63, 3.8) is 0 Å². The smallest absolute Gasteiger partial charge is 0.220 e. The number of rotatable bonds is 6. The minimum absolute atomic E-state index is 0.0587. The van der Waals surface area contributed by atoms with Crippen molar-refractivity contribution in [3.8, 4) is 0 Å². The normalized spacial score (nSPS) is 10.6. The molecule has 0 unspecified atom stereocenters. The lowest BCUT2D eigenvalue weighted by atomic mass is 10.0. The van der Waals surface area contributed by atoms with Crippen LogP contribution in [-0.2, 0) is 24.4 Å². The van der Waals surface area contributed by atoms with Crippen LogP contribution in [0.1, 0.15) is 34.2 Å². The first-order valence-corrected chi connectivity index (χ1v) is 7.70. The van der Waals surface area contributed by atoms with E-state index in [1.54, 1.807) is 6.07 Å². The molecule has 0 bridgehead atoms. The number of carbonyl (C=O) groups excluding carboxylic acids is 1. The highest BCUT2D eigenvalue weighted by atomic mass is 19.1. The second-order valence-electron chi connectivity index (χ2n) is 5.79. The first-order chi connectivity index (χ1) is 11.0. The summed E-state index contributed by atoms with van der Waals surface area (Å²) in [6.07, 6.45) is 1.09. The SMILES string of the molecule is Cc1ccc(CCC(=O)NCc2ccc(CO)c(F)c2)c(C)c1. The highest BCUT2D eigenvalue weighted by Gasteiger charge is 2.06. The van der Waals surface area contributed by atoms with Crippen molar-refractivity contribution in [1.29, 1.82) is 0 Å². The van der Waals surface area contributed by atoms with Gasteiger partial charge in [-0.3, -0.25) is 4.79 Å². The van der Waals surface area contributed by atoms with E-state index in [9.17, 15) is 9.18 Å². The third-order valence-corrected chi connectivity index (χ3v) is 3.90. The fourth-order valence-corrected chi connectivity index (χ4v) is 2.49. The van der Waals surface area contributed by atoms with Crippen LogP contribution in [0.15, 0.2) is 36.4 Å². The number of hydrogen-bond acceptors (Lipinski definition) is 2. The zero-order valence-corrected chi connectivity index (χ0v) is 13.5. The van der Waals surface area contributed by atoms with Crippen LogP contribution in [0.4, 0.5) is 4.39 Å². The van der Waals surface area contributed by atoms with E-state index >= 15 is 0 Å². The third-order valence-electron chi connectivity index (χ3n) is 3.90. The summed E-state index contributed by atoms with van der Waals surface area (Å²) in [5, 5.41) is 11.7. The summed E-state index contributed by atoms with van der Waals surface area (Å²) in [6, 6.07) is 10.8. The monoisotopic (exact) mass is 315 g/mol. The molecule has 0 aromatic heterocycles. The van der Waals surface area contributed by atoms with Crippen LogP contribution in [0, 0.1) is 19.7 Å². The van der Waals surface area contributed by atoms with Crippen molar-refractivity contribution >= 4 is 5.91 Å². The van der Waals surface area contributed by atoms with Crippen LogP contribution < -0.4 is 5.32 Å². The van der Waals surface area contributed by atoms with E-state index in [2.05, 4.69) is 17.4 Å². The van der Waals surface area contributed by atoms with Gasteiger partial charge in [-0.1, -0.05) is 35.9 Å². The third kappa shape index (κ3) is 4.89. The Labute approximate surface area is 136 Å². The number of amides is 1. The molecule has 2 rings (SSSR count). The van der Waals surface area contributed by atoms with Crippen LogP contribution in [0.3, 0.4) is 0 Å². The van der Waals surface area contributed by atoms with Crippen LogP contribution in [0.25, 0.3) is 0 Å². The Morgan fingerprint density at radius 2 is 1.87 bits per heavy atom. The minimum atomic E-state index is -0.450. The molecule has 0 spiro atoms. The fraction of sp³-hybridized carbons (Fsp3) is 0.316. The number of aryl methyl sites for hydroxylation is 3. The number of aliphatic hydroxyl groups excluding tert-OH is 1. The van der Waals surface area contributed by atoms with Gasteiger partial charge in [-0.2, -0.15) is 0 Å². The number of hydrogen-bond donors (Lipinski definition) is 2. The van der Waals surface area contributed by atoms with E-state index in [-0.39, 0.29) is 24.6 Å². The minimum Gasteiger partial charge on any atom is -0.392 e. The van der Waals surface area contributed by atoms with Crippen LogP contribution in [-0.4, -0.2) is 11.0 Å². The molecule has 2 N–H and O–H groups in total. The number of halogens is 1. The number of aliphatic hydroxyl groups is 1. The van der Waals surface area contributed by atoms with Gasteiger partial charge in [0.05, 0.1) is 6.61 Å². The molecule has 122 valence electrons. The summed E-state index contributed by atoms with van der Waals surface area (Å²) in [5.41, 5.74) is 4.52. The molecule has 23 heavy (non-hydrogen) atoms. The molecule has 0 aliphatic heterocycles. The van der Waals surface area contributed by atoms with Crippen LogP contribution in [0.2, 0.25) is 0 Å². The fourth-order valence-electron chi connectivity index (χ4n) is 2.49. The highest BCUT2D eigenvalue weighted by Crippen LogP contribution is 2.13. The Balaban J connectivity index is 1.84. The zero-order chi connectivity index (χ0) is 16.8. The van der Waals surface area contributed by atoms with Crippen molar-refractivity contribution in [2.45, 2.75) is 39.8 Å². The molecule has 0 heterocycles. The molecule has 0 saturated heterocycles. The van der Waals surface area contributed by atoms with Crippen molar-refractivity contribution in [2.24, 2.45) is 0 Å². The maximum Gasteiger partial charge on any atom is 0.220 e. The van der Waals surface area contributed by atoms with Gasteiger partial charge in [0, 0.05) is 18.5 Å². The number of benzene rings is 2. The molecule has 2 aromatic carbocycles. The summed E-state index contributed by atoms with van der Waals surface area (Å²) in [7, 11) is 0. The van der Waals surface area contributed by atoms with E-state index in [0.717, 1.165) is 0 Å². The lowest BCUT2D eigenvalue weighted by Gasteiger charge is -2.09. The lowest BCUT2D eigenvalue weighted by Crippen LogP contribution is -2.23. The van der Waals surface area contributed by atoms with Crippen molar-refractivity contribution in [3.05, 3.63) is 70.0 Å². The zero-order valence-electron chi connectivity index (χ0n) is 13.5. The van der Waals surface area contributed by atoms with Crippen LogP contribution >= 0.6 is 0 Å². The van der Waals surface area contributed by atoms with Gasteiger partial charge in [0.25, 0.3) is 0 Å². The van der Waals surface area contributed by atoms with Crippen molar-refractivity contribution < 1.29 is 14.3 Å². The summed E-state index contributed by atoms with van der Waals surface area (Å²) < 4.78 is 13.5. The maximum absolute atomic E-state index is 13.5. The summed E-state index contributed by atoms with van der Waals surface area (Å²) in [4.78, 5) is 11.9. The van der Waals surface area contributed by atoms with Gasteiger partial charge in [0.2, 0.25) is 5.91 Å². The molecule has 0 saturated carbocycles. The summed E-state index contributed by atoms with van der Waals surface area (Å²) in [5.74, 6) is -0.508. The summed E-state index contributed by atoms with van der Waals surface area (Å²) >= 11 is 0. The lowest BCUT2D eigenvalue weighted by molar-refractivity contribution is -0.121. The van der Waals surface area contributed by atoms with E-state index < -0.39 is 5.82 Å². The first-order valence-electron chi connectivity index (χ1n) is 7.70. The Hall–Kier alpha value is -2.20. The van der Waals surface area contributed by atoms with Gasteiger partial charge in [-0.25, -0.2) is 4.39 Å². The van der Waals surface area contributed by atoms with Gasteiger partial charge >= 0.3 is 0 Å². The molecular weight excluding hydrogens is 293 g/mol. The molecule has 0 radical (unpaired) electrons. The molecule has 0 atom stereocenters. The quantitative estimate of drug-likeness (QED) is 0.860. The molecule has 0 fully saturated rings. The molecule has 1 amide bonds. The first kappa shape index (κ1) is 17.2. The Kier molecular flexibility index (Phi) is 5.88. The van der Waals surface area contributed by atoms with Gasteiger partial charge in [0.15, 0.2) is 0 Å². The second-order valence-corrected chi connectivity index (χ2v) is 5.79. The second kappa shape index (κ2) is 7.88. The molecule has 0 aliphatic rings. The van der Waals surface area contributed by atoms with E-state index in [1.165, 1.54) is 28.8 Å². The van der Waals surface area contributed by atoms with E-state index in [1.807, 2.05) is 19.9 Å². The predicted octanol–water partition coefficient (Wildman–Crippen LogP) is 3.18. The Bertz CT molecular complexity index is 698. The van der Waals surface area contributed by atoms with Crippen LogP contribution in [0.5, 0.6) is 0 Å². The largest absolute Gasteiger partial charge is 0.392 e. The Morgan fingerprint density at radius 3 is 2.52 bits per heavy atom. The average molecular weight is 315 g/mol. The number of nitrogens with one attached hydrogen (secondary N) is 1.